The Hall–Kier alpha value is -3.09. The van der Waals surface area contributed by atoms with Gasteiger partial charge in [0.1, 0.15) is 17.5 Å². The molecule has 1 aliphatic carbocycles. The summed E-state index contributed by atoms with van der Waals surface area (Å²) in [4.78, 5) is 12.7. The predicted molar refractivity (Wildman–Crippen MR) is 94.5 cm³/mol. The number of aromatic nitrogens is 2. The molecule has 4 nitrogen and oxygen atoms in total. The third kappa shape index (κ3) is 3.32. The topological polar surface area (TPSA) is 46.9 Å². The van der Waals surface area contributed by atoms with Gasteiger partial charge in [-0.15, -0.1) is 0 Å². The molecule has 4 rings (SSSR count). The number of anilines is 1. The Bertz CT molecular complexity index is 1010. The summed E-state index contributed by atoms with van der Waals surface area (Å²) in [6.45, 7) is 0. The molecule has 0 unspecified atom stereocenters. The number of rotatable bonds is 3. The van der Waals surface area contributed by atoms with Crippen molar-refractivity contribution in [3.8, 4) is 5.69 Å². The summed E-state index contributed by atoms with van der Waals surface area (Å²) in [6, 6.07) is 8.82. The van der Waals surface area contributed by atoms with Crippen LogP contribution in [-0.4, -0.2) is 15.7 Å². The molecule has 0 spiro atoms. The van der Waals surface area contributed by atoms with Crippen LogP contribution in [0.1, 0.15) is 34.6 Å². The van der Waals surface area contributed by atoms with Crippen molar-refractivity contribution in [2.75, 3.05) is 5.32 Å². The third-order valence-corrected chi connectivity index (χ3v) is 4.65. The van der Waals surface area contributed by atoms with Crippen LogP contribution in [0, 0.1) is 17.5 Å². The van der Waals surface area contributed by atoms with Crippen molar-refractivity contribution in [3.63, 3.8) is 0 Å². The number of nitrogens with zero attached hydrogens (tertiary/aromatic N) is 2. The van der Waals surface area contributed by atoms with E-state index in [4.69, 9.17) is 0 Å². The van der Waals surface area contributed by atoms with E-state index in [0.29, 0.717) is 18.2 Å². The van der Waals surface area contributed by atoms with E-state index in [-0.39, 0.29) is 17.2 Å². The zero-order valence-electron chi connectivity index (χ0n) is 14.3. The lowest BCUT2D eigenvalue weighted by atomic mass is 9.95. The van der Waals surface area contributed by atoms with Crippen molar-refractivity contribution in [2.45, 2.75) is 25.7 Å². The summed E-state index contributed by atoms with van der Waals surface area (Å²) in [7, 11) is 0. The second-order valence-corrected chi connectivity index (χ2v) is 6.45. The molecule has 1 amide bonds. The number of benzene rings is 2. The van der Waals surface area contributed by atoms with Gasteiger partial charge in [0.25, 0.3) is 5.91 Å². The highest BCUT2D eigenvalue weighted by Crippen LogP contribution is 2.28. The monoisotopic (exact) mass is 371 g/mol. The first-order chi connectivity index (χ1) is 13.0. The van der Waals surface area contributed by atoms with Crippen LogP contribution in [0.4, 0.5) is 18.9 Å². The molecule has 1 aromatic heterocycles. The molecule has 3 aromatic rings. The van der Waals surface area contributed by atoms with Crippen molar-refractivity contribution in [1.29, 1.82) is 0 Å². The van der Waals surface area contributed by atoms with Gasteiger partial charge in [0.05, 0.1) is 11.4 Å². The minimum atomic E-state index is -0.852. The number of nitrogens with one attached hydrogen (secondary N) is 1. The largest absolute Gasteiger partial charge is 0.318 e. The summed E-state index contributed by atoms with van der Waals surface area (Å²) in [5.41, 5.74) is 2.46. The van der Waals surface area contributed by atoms with Crippen molar-refractivity contribution < 1.29 is 18.0 Å². The maximum absolute atomic E-state index is 13.9. The van der Waals surface area contributed by atoms with Gasteiger partial charge >= 0.3 is 0 Å². The highest BCUT2D eigenvalue weighted by atomic mass is 19.1. The highest BCUT2D eigenvalue weighted by molar-refractivity contribution is 6.04. The van der Waals surface area contributed by atoms with Crippen LogP contribution in [0.15, 0.2) is 42.5 Å². The van der Waals surface area contributed by atoms with Crippen LogP contribution < -0.4 is 5.32 Å². The molecule has 0 aliphatic heterocycles. The molecule has 0 bridgehead atoms. The zero-order chi connectivity index (χ0) is 19.0. The maximum atomic E-state index is 13.9. The summed E-state index contributed by atoms with van der Waals surface area (Å²) < 4.78 is 41.8. The molecule has 1 heterocycles. The number of halogens is 3. The smallest absolute Gasteiger partial charge is 0.276 e. The highest BCUT2D eigenvalue weighted by Gasteiger charge is 2.26. The first-order valence-corrected chi connectivity index (χ1v) is 8.66. The first kappa shape index (κ1) is 17.3. The van der Waals surface area contributed by atoms with E-state index in [1.807, 2.05) is 0 Å². The number of hydrogen-bond acceptors (Lipinski definition) is 2. The van der Waals surface area contributed by atoms with Crippen LogP contribution >= 0.6 is 0 Å². The normalized spacial score (nSPS) is 13.3. The van der Waals surface area contributed by atoms with E-state index in [1.165, 1.54) is 18.2 Å². The van der Waals surface area contributed by atoms with Crippen LogP contribution in [0.2, 0.25) is 0 Å². The summed E-state index contributed by atoms with van der Waals surface area (Å²) in [5.74, 6) is -2.48. The fourth-order valence-corrected chi connectivity index (χ4v) is 3.35. The Labute approximate surface area is 153 Å². The molecule has 0 radical (unpaired) electrons. The van der Waals surface area contributed by atoms with Crippen molar-refractivity contribution >= 4 is 11.6 Å². The van der Waals surface area contributed by atoms with Gasteiger partial charge in [-0.05, 0) is 62.1 Å². The van der Waals surface area contributed by atoms with Crippen LogP contribution in [-0.2, 0) is 12.8 Å². The van der Waals surface area contributed by atoms with E-state index in [9.17, 15) is 18.0 Å². The van der Waals surface area contributed by atoms with Crippen molar-refractivity contribution in [3.05, 3.63) is 76.9 Å². The number of carbonyl (C=O) groups excluding carboxylic acids is 1. The van der Waals surface area contributed by atoms with Gasteiger partial charge in [0.15, 0.2) is 5.69 Å². The molecule has 0 atom stereocenters. The van der Waals surface area contributed by atoms with Crippen molar-refractivity contribution in [2.24, 2.45) is 0 Å². The fraction of sp³-hybridized carbons (Fsp3) is 0.200. The van der Waals surface area contributed by atoms with Crippen LogP contribution in [0.5, 0.6) is 0 Å². The third-order valence-electron chi connectivity index (χ3n) is 4.65. The van der Waals surface area contributed by atoms with E-state index in [2.05, 4.69) is 10.4 Å². The predicted octanol–water partition coefficient (Wildman–Crippen LogP) is 4.42. The Balaban J connectivity index is 1.72. The van der Waals surface area contributed by atoms with Gasteiger partial charge in [-0.1, -0.05) is 0 Å². The van der Waals surface area contributed by atoms with E-state index in [1.54, 1.807) is 16.8 Å². The zero-order valence-corrected chi connectivity index (χ0v) is 14.3. The molecule has 0 saturated heterocycles. The molecule has 7 heteroatoms. The van der Waals surface area contributed by atoms with Gasteiger partial charge in [-0.3, -0.25) is 4.79 Å². The van der Waals surface area contributed by atoms with Gasteiger partial charge < -0.3 is 5.32 Å². The van der Waals surface area contributed by atoms with Gasteiger partial charge in [0, 0.05) is 17.3 Å². The summed E-state index contributed by atoms with van der Waals surface area (Å²) in [5, 5.41) is 6.88. The molecule has 0 saturated carbocycles. The molecule has 1 N–H and O–H groups in total. The second-order valence-electron chi connectivity index (χ2n) is 6.45. The summed E-state index contributed by atoms with van der Waals surface area (Å²) >= 11 is 0. The number of hydrogen-bond donors (Lipinski definition) is 1. The molecule has 0 fully saturated rings. The molecule has 1 aliphatic rings. The minimum absolute atomic E-state index is 0.109. The Morgan fingerprint density at radius 1 is 0.963 bits per heavy atom. The van der Waals surface area contributed by atoms with Crippen molar-refractivity contribution in [1.82, 2.24) is 9.78 Å². The van der Waals surface area contributed by atoms with E-state index >= 15 is 0 Å². The van der Waals surface area contributed by atoms with Gasteiger partial charge in [-0.25, -0.2) is 17.9 Å². The van der Waals surface area contributed by atoms with Gasteiger partial charge in [0.2, 0.25) is 0 Å². The lowest BCUT2D eigenvalue weighted by Gasteiger charge is -2.14. The fourth-order valence-electron chi connectivity index (χ4n) is 3.35. The molecule has 27 heavy (non-hydrogen) atoms. The quantitative estimate of drug-likeness (QED) is 0.741. The number of amides is 1. The standard InChI is InChI=1S/C20H16F3N3O/c21-12-5-8-14(9-6-12)26-18-4-2-1-3-15(18)19(25-26)20(27)24-17-10-7-13(22)11-16(17)23/h5-11H,1-4H2,(H,24,27). The molecular weight excluding hydrogens is 355 g/mol. The summed E-state index contributed by atoms with van der Waals surface area (Å²) in [6.07, 6.45) is 3.32. The SMILES string of the molecule is O=C(Nc1ccc(F)cc1F)c1nn(-c2ccc(F)cc2)c2c1CCCC2. The lowest BCUT2D eigenvalue weighted by Crippen LogP contribution is -2.16. The van der Waals surface area contributed by atoms with Crippen LogP contribution in [0.3, 0.4) is 0 Å². The molecule has 2 aromatic carbocycles. The van der Waals surface area contributed by atoms with Crippen LogP contribution in [0.25, 0.3) is 5.69 Å². The second kappa shape index (κ2) is 6.90. The Kier molecular flexibility index (Phi) is 4.43. The average Bonchev–Trinajstić information content (AvgIpc) is 3.04. The number of fused-ring (bicyclic) bond motifs is 1. The van der Waals surface area contributed by atoms with E-state index < -0.39 is 17.5 Å². The Morgan fingerprint density at radius 3 is 2.41 bits per heavy atom. The molecular formula is C20H16F3N3O. The van der Waals surface area contributed by atoms with Gasteiger partial charge in [-0.2, -0.15) is 5.10 Å². The minimum Gasteiger partial charge on any atom is -0.318 e. The lowest BCUT2D eigenvalue weighted by molar-refractivity contribution is 0.102. The van der Waals surface area contributed by atoms with E-state index in [0.717, 1.165) is 36.6 Å². The Morgan fingerprint density at radius 2 is 1.67 bits per heavy atom. The number of carbonyl (C=O) groups is 1. The molecule has 138 valence electrons. The average molecular weight is 371 g/mol. The first-order valence-electron chi connectivity index (χ1n) is 8.66. The maximum Gasteiger partial charge on any atom is 0.276 e.